The van der Waals surface area contributed by atoms with Crippen LogP contribution in [0.5, 0.6) is 17.2 Å². The molecule has 2 aromatic carbocycles. The second kappa shape index (κ2) is 7.66. The molecule has 0 unspecified atom stereocenters. The van der Waals surface area contributed by atoms with Gasteiger partial charge >= 0.3 is 0 Å². The molecule has 0 bridgehead atoms. The van der Waals surface area contributed by atoms with Crippen LogP contribution in [0.1, 0.15) is 23.2 Å². The molecule has 1 amide bonds. The third-order valence-corrected chi connectivity index (χ3v) is 4.38. The number of carbonyl (C=O) groups excluding carboxylic acids is 1. The SMILES string of the molecule is O=C(Nc1ccc2c(c1)OCCO2)c1ccc(OC[C@@H]2CCCO2)cc1. The van der Waals surface area contributed by atoms with Crippen molar-refractivity contribution in [3.8, 4) is 17.2 Å². The second-order valence-electron chi connectivity index (χ2n) is 6.28. The van der Waals surface area contributed by atoms with Gasteiger partial charge in [-0.15, -0.1) is 0 Å². The highest BCUT2D eigenvalue weighted by atomic mass is 16.6. The second-order valence-corrected chi connectivity index (χ2v) is 6.28. The molecule has 6 heteroatoms. The lowest BCUT2D eigenvalue weighted by molar-refractivity contribution is 0.0679. The maximum atomic E-state index is 12.4. The molecule has 2 aromatic rings. The maximum Gasteiger partial charge on any atom is 0.255 e. The van der Waals surface area contributed by atoms with E-state index in [4.69, 9.17) is 18.9 Å². The largest absolute Gasteiger partial charge is 0.491 e. The van der Waals surface area contributed by atoms with Crippen LogP contribution in [0.25, 0.3) is 0 Å². The molecule has 1 fully saturated rings. The van der Waals surface area contributed by atoms with Gasteiger partial charge in [0.2, 0.25) is 0 Å². The molecular formula is C20H21NO5. The number of hydrogen-bond acceptors (Lipinski definition) is 5. The predicted molar refractivity (Wildman–Crippen MR) is 96.3 cm³/mol. The highest BCUT2D eigenvalue weighted by Crippen LogP contribution is 2.32. The van der Waals surface area contributed by atoms with E-state index in [0.717, 1.165) is 25.2 Å². The summed E-state index contributed by atoms with van der Waals surface area (Å²) in [4.78, 5) is 12.4. The van der Waals surface area contributed by atoms with Crippen molar-refractivity contribution >= 4 is 11.6 Å². The summed E-state index contributed by atoms with van der Waals surface area (Å²) >= 11 is 0. The number of ether oxygens (including phenoxy) is 4. The van der Waals surface area contributed by atoms with Crippen molar-refractivity contribution in [2.45, 2.75) is 18.9 Å². The molecule has 2 aliphatic heterocycles. The summed E-state index contributed by atoms with van der Waals surface area (Å²) in [6.07, 6.45) is 2.30. The molecule has 1 N–H and O–H groups in total. The van der Waals surface area contributed by atoms with Gasteiger partial charge in [-0.2, -0.15) is 0 Å². The fourth-order valence-electron chi connectivity index (χ4n) is 2.99. The van der Waals surface area contributed by atoms with Gasteiger partial charge in [-0.25, -0.2) is 0 Å². The van der Waals surface area contributed by atoms with E-state index in [-0.39, 0.29) is 12.0 Å². The van der Waals surface area contributed by atoms with Gasteiger partial charge in [-0.3, -0.25) is 4.79 Å². The Labute approximate surface area is 152 Å². The van der Waals surface area contributed by atoms with E-state index in [0.29, 0.717) is 42.6 Å². The molecule has 136 valence electrons. The Balaban J connectivity index is 1.35. The van der Waals surface area contributed by atoms with Crippen LogP contribution in [0.15, 0.2) is 42.5 Å². The lowest BCUT2D eigenvalue weighted by atomic mass is 10.2. The molecule has 2 heterocycles. The van der Waals surface area contributed by atoms with Crippen LogP contribution in [0.3, 0.4) is 0 Å². The summed E-state index contributed by atoms with van der Waals surface area (Å²) in [5.41, 5.74) is 1.22. The Morgan fingerprint density at radius 1 is 1.04 bits per heavy atom. The van der Waals surface area contributed by atoms with Crippen molar-refractivity contribution in [2.24, 2.45) is 0 Å². The number of benzene rings is 2. The van der Waals surface area contributed by atoms with Crippen molar-refractivity contribution < 1.29 is 23.7 Å². The first kappa shape index (κ1) is 16.7. The van der Waals surface area contributed by atoms with Crippen LogP contribution in [0.2, 0.25) is 0 Å². The topological polar surface area (TPSA) is 66.0 Å². The summed E-state index contributed by atoms with van der Waals surface area (Å²) in [6, 6.07) is 12.5. The normalized spacial score (nSPS) is 18.4. The zero-order valence-electron chi connectivity index (χ0n) is 14.4. The molecule has 1 atom stereocenters. The number of carbonyl (C=O) groups is 1. The summed E-state index contributed by atoms with van der Waals surface area (Å²) < 4.78 is 22.3. The average molecular weight is 355 g/mol. The summed E-state index contributed by atoms with van der Waals surface area (Å²) in [6.45, 7) is 2.41. The number of hydrogen-bond donors (Lipinski definition) is 1. The summed E-state index contributed by atoms with van der Waals surface area (Å²) in [5.74, 6) is 1.89. The van der Waals surface area contributed by atoms with Crippen molar-refractivity contribution in [1.29, 1.82) is 0 Å². The first-order valence-corrected chi connectivity index (χ1v) is 8.83. The Morgan fingerprint density at radius 2 is 1.85 bits per heavy atom. The van der Waals surface area contributed by atoms with Gasteiger partial charge in [0.1, 0.15) is 25.6 Å². The van der Waals surface area contributed by atoms with Crippen LogP contribution in [0.4, 0.5) is 5.69 Å². The predicted octanol–water partition coefficient (Wildman–Crippen LogP) is 3.27. The number of anilines is 1. The molecular weight excluding hydrogens is 334 g/mol. The minimum atomic E-state index is -0.188. The smallest absolute Gasteiger partial charge is 0.255 e. The minimum absolute atomic E-state index is 0.174. The average Bonchev–Trinajstić information content (AvgIpc) is 3.20. The number of amides is 1. The molecule has 1 saturated heterocycles. The van der Waals surface area contributed by atoms with E-state index in [1.165, 1.54) is 0 Å². The number of nitrogens with one attached hydrogen (secondary N) is 1. The van der Waals surface area contributed by atoms with Crippen LogP contribution >= 0.6 is 0 Å². The standard InChI is InChI=1S/C20H21NO5/c22-20(21-15-5-8-18-19(12-15)25-11-10-24-18)14-3-6-16(7-4-14)26-13-17-2-1-9-23-17/h3-8,12,17H,1-2,9-11,13H2,(H,21,22)/t17-/m0/s1. The highest BCUT2D eigenvalue weighted by molar-refractivity contribution is 6.04. The molecule has 0 aliphatic carbocycles. The lowest BCUT2D eigenvalue weighted by Crippen LogP contribution is -2.17. The fraction of sp³-hybridized carbons (Fsp3) is 0.350. The zero-order chi connectivity index (χ0) is 17.8. The van der Waals surface area contributed by atoms with Crippen LogP contribution in [-0.4, -0.2) is 38.4 Å². The molecule has 26 heavy (non-hydrogen) atoms. The first-order valence-electron chi connectivity index (χ1n) is 8.83. The van der Waals surface area contributed by atoms with E-state index in [1.54, 1.807) is 42.5 Å². The highest BCUT2D eigenvalue weighted by Gasteiger charge is 2.16. The Bertz CT molecular complexity index is 768. The lowest BCUT2D eigenvalue weighted by Gasteiger charge is -2.19. The first-order chi connectivity index (χ1) is 12.8. The van der Waals surface area contributed by atoms with Crippen molar-refractivity contribution in [3.63, 3.8) is 0 Å². The van der Waals surface area contributed by atoms with Gasteiger partial charge in [-0.05, 0) is 49.2 Å². The molecule has 6 nitrogen and oxygen atoms in total. The molecule has 2 aliphatic rings. The molecule has 0 saturated carbocycles. The maximum absolute atomic E-state index is 12.4. The Hall–Kier alpha value is -2.73. The third kappa shape index (κ3) is 3.91. The van der Waals surface area contributed by atoms with E-state index >= 15 is 0 Å². The van der Waals surface area contributed by atoms with Gasteiger partial charge in [0, 0.05) is 23.9 Å². The van der Waals surface area contributed by atoms with Crippen LogP contribution < -0.4 is 19.5 Å². The van der Waals surface area contributed by atoms with E-state index in [9.17, 15) is 4.79 Å². The Morgan fingerprint density at radius 3 is 2.62 bits per heavy atom. The summed E-state index contributed by atoms with van der Waals surface area (Å²) in [5, 5.41) is 2.87. The molecule has 0 radical (unpaired) electrons. The van der Waals surface area contributed by atoms with E-state index < -0.39 is 0 Å². The van der Waals surface area contributed by atoms with E-state index in [2.05, 4.69) is 5.32 Å². The van der Waals surface area contributed by atoms with Gasteiger partial charge < -0.3 is 24.3 Å². The zero-order valence-corrected chi connectivity index (χ0v) is 14.4. The molecule has 0 spiro atoms. The monoisotopic (exact) mass is 355 g/mol. The number of fused-ring (bicyclic) bond motifs is 1. The van der Waals surface area contributed by atoms with E-state index in [1.807, 2.05) is 0 Å². The van der Waals surface area contributed by atoms with Crippen LogP contribution in [-0.2, 0) is 4.74 Å². The van der Waals surface area contributed by atoms with Crippen molar-refractivity contribution in [2.75, 3.05) is 31.7 Å². The van der Waals surface area contributed by atoms with Gasteiger partial charge in [-0.1, -0.05) is 0 Å². The molecule has 4 rings (SSSR count). The van der Waals surface area contributed by atoms with Gasteiger partial charge in [0.05, 0.1) is 6.10 Å². The van der Waals surface area contributed by atoms with Crippen molar-refractivity contribution in [3.05, 3.63) is 48.0 Å². The fourth-order valence-corrected chi connectivity index (χ4v) is 2.99. The van der Waals surface area contributed by atoms with Crippen molar-refractivity contribution in [1.82, 2.24) is 0 Å². The number of rotatable bonds is 5. The molecule has 0 aromatic heterocycles. The quantitative estimate of drug-likeness (QED) is 0.892. The Kier molecular flexibility index (Phi) is 4.93. The van der Waals surface area contributed by atoms with Gasteiger partial charge in [0.25, 0.3) is 5.91 Å². The van der Waals surface area contributed by atoms with Gasteiger partial charge in [0.15, 0.2) is 11.5 Å². The summed E-state index contributed by atoms with van der Waals surface area (Å²) in [7, 11) is 0. The third-order valence-electron chi connectivity index (χ3n) is 4.38. The minimum Gasteiger partial charge on any atom is -0.491 e. The van der Waals surface area contributed by atoms with Crippen LogP contribution in [0, 0.1) is 0 Å².